The van der Waals surface area contributed by atoms with E-state index in [2.05, 4.69) is 10.3 Å². The molecule has 152 valence electrons. The van der Waals surface area contributed by atoms with Crippen LogP contribution < -0.4 is 5.32 Å². The number of aromatic nitrogens is 1. The first-order valence-corrected chi connectivity index (χ1v) is 9.31. The standard InChI is InChI=1S/C21H19F4N3O/c22-18-7-6-15(10-17(18)21(23,24)25)16(9-13-3-1-2-4-13)20(29)28-19-8-5-14(11-26)12-27-19/h5-8,10,12-13,16H,1-4,9H2,(H,27,28,29). The van der Waals surface area contributed by atoms with E-state index in [4.69, 9.17) is 5.26 Å². The molecule has 1 fully saturated rings. The summed E-state index contributed by atoms with van der Waals surface area (Å²) in [5.41, 5.74) is -0.939. The van der Waals surface area contributed by atoms with Crippen LogP contribution in [0.3, 0.4) is 0 Å². The van der Waals surface area contributed by atoms with Crippen LogP contribution in [0.1, 0.15) is 54.7 Å². The average molecular weight is 405 g/mol. The molecule has 1 heterocycles. The minimum absolute atomic E-state index is 0.122. The van der Waals surface area contributed by atoms with E-state index < -0.39 is 29.4 Å². The molecule has 1 aromatic heterocycles. The zero-order chi connectivity index (χ0) is 21.0. The predicted octanol–water partition coefficient (Wildman–Crippen LogP) is 5.41. The van der Waals surface area contributed by atoms with Gasteiger partial charge < -0.3 is 5.32 Å². The van der Waals surface area contributed by atoms with Gasteiger partial charge in [0, 0.05) is 6.20 Å². The lowest BCUT2D eigenvalue weighted by molar-refractivity contribution is -0.140. The Hall–Kier alpha value is -2.95. The number of anilines is 1. The number of nitrogens with one attached hydrogen (secondary N) is 1. The fraction of sp³-hybridized carbons (Fsp3) is 0.381. The van der Waals surface area contributed by atoms with Crippen molar-refractivity contribution in [3.05, 3.63) is 59.0 Å². The van der Waals surface area contributed by atoms with Crippen LogP contribution in [0, 0.1) is 23.1 Å². The molecule has 29 heavy (non-hydrogen) atoms. The second kappa shape index (κ2) is 8.60. The van der Waals surface area contributed by atoms with Crippen molar-refractivity contribution in [1.29, 1.82) is 5.26 Å². The van der Waals surface area contributed by atoms with Crippen molar-refractivity contribution in [2.75, 3.05) is 5.32 Å². The topological polar surface area (TPSA) is 65.8 Å². The number of benzene rings is 1. The van der Waals surface area contributed by atoms with Crippen molar-refractivity contribution in [3.8, 4) is 6.07 Å². The van der Waals surface area contributed by atoms with Gasteiger partial charge in [-0.05, 0) is 42.2 Å². The Balaban J connectivity index is 1.89. The zero-order valence-corrected chi connectivity index (χ0v) is 15.5. The summed E-state index contributed by atoms with van der Waals surface area (Å²) >= 11 is 0. The molecule has 0 aliphatic heterocycles. The normalized spacial score (nSPS) is 15.7. The second-order valence-corrected chi connectivity index (χ2v) is 7.21. The van der Waals surface area contributed by atoms with Gasteiger partial charge in [-0.25, -0.2) is 9.37 Å². The van der Waals surface area contributed by atoms with Crippen molar-refractivity contribution in [3.63, 3.8) is 0 Å². The monoisotopic (exact) mass is 405 g/mol. The van der Waals surface area contributed by atoms with Gasteiger partial charge in [0.2, 0.25) is 5.91 Å². The van der Waals surface area contributed by atoms with E-state index in [1.807, 2.05) is 6.07 Å². The molecule has 0 radical (unpaired) electrons. The van der Waals surface area contributed by atoms with Crippen LogP contribution in [0.5, 0.6) is 0 Å². The lowest BCUT2D eigenvalue weighted by Gasteiger charge is -2.21. The first-order valence-electron chi connectivity index (χ1n) is 9.31. The molecule has 0 saturated heterocycles. The maximum absolute atomic E-state index is 13.7. The molecule has 1 aromatic carbocycles. The highest BCUT2D eigenvalue weighted by Crippen LogP contribution is 2.38. The Bertz CT molecular complexity index is 913. The van der Waals surface area contributed by atoms with Crippen LogP contribution in [0.15, 0.2) is 36.5 Å². The number of halogens is 4. The van der Waals surface area contributed by atoms with Gasteiger partial charge in [-0.1, -0.05) is 31.7 Å². The number of nitriles is 1. The van der Waals surface area contributed by atoms with E-state index in [1.165, 1.54) is 24.4 Å². The van der Waals surface area contributed by atoms with Gasteiger partial charge in [-0.3, -0.25) is 4.79 Å². The van der Waals surface area contributed by atoms with Crippen LogP contribution >= 0.6 is 0 Å². The Morgan fingerprint density at radius 2 is 1.97 bits per heavy atom. The van der Waals surface area contributed by atoms with Crippen LogP contribution in [0.4, 0.5) is 23.4 Å². The second-order valence-electron chi connectivity index (χ2n) is 7.21. The number of nitrogens with zero attached hydrogens (tertiary/aromatic N) is 2. The molecule has 2 aromatic rings. The molecule has 3 rings (SSSR count). The third-order valence-electron chi connectivity index (χ3n) is 5.20. The van der Waals surface area contributed by atoms with Crippen molar-refractivity contribution in [1.82, 2.24) is 4.98 Å². The summed E-state index contributed by atoms with van der Waals surface area (Å²) in [5, 5.41) is 11.4. The van der Waals surface area contributed by atoms with Crippen molar-refractivity contribution in [2.45, 2.75) is 44.2 Å². The quantitative estimate of drug-likeness (QED) is 0.676. The molecule has 0 spiro atoms. The summed E-state index contributed by atoms with van der Waals surface area (Å²) in [7, 11) is 0. The molecule has 1 amide bonds. The molecule has 1 aliphatic rings. The van der Waals surface area contributed by atoms with E-state index in [-0.39, 0.29) is 17.3 Å². The van der Waals surface area contributed by atoms with E-state index in [0.717, 1.165) is 37.8 Å². The molecule has 1 unspecified atom stereocenters. The summed E-state index contributed by atoms with van der Waals surface area (Å²) in [6.07, 6.45) is 0.689. The minimum Gasteiger partial charge on any atom is -0.310 e. The SMILES string of the molecule is N#Cc1ccc(NC(=O)C(CC2CCCC2)c2ccc(F)c(C(F)(F)F)c2)nc1. The van der Waals surface area contributed by atoms with Crippen molar-refractivity contribution in [2.24, 2.45) is 5.92 Å². The molecule has 1 aliphatic carbocycles. The molecule has 4 nitrogen and oxygen atoms in total. The third kappa shape index (κ3) is 5.11. The van der Waals surface area contributed by atoms with Gasteiger partial charge in [-0.15, -0.1) is 0 Å². The van der Waals surface area contributed by atoms with Gasteiger partial charge >= 0.3 is 6.18 Å². The van der Waals surface area contributed by atoms with E-state index in [0.29, 0.717) is 12.0 Å². The van der Waals surface area contributed by atoms with Gasteiger partial charge in [0.25, 0.3) is 0 Å². The first-order chi connectivity index (χ1) is 13.8. The number of rotatable bonds is 5. The lowest BCUT2D eigenvalue weighted by atomic mass is 9.86. The summed E-state index contributed by atoms with van der Waals surface area (Å²) in [4.78, 5) is 16.9. The smallest absolute Gasteiger partial charge is 0.310 e. The van der Waals surface area contributed by atoms with Crippen molar-refractivity contribution < 1.29 is 22.4 Å². The Labute approximate surface area is 165 Å². The maximum Gasteiger partial charge on any atom is 0.419 e. The summed E-state index contributed by atoms with van der Waals surface area (Å²) < 4.78 is 53.1. The highest BCUT2D eigenvalue weighted by Gasteiger charge is 2.36. The van der Waals surface area contributed by atoms with Crippen LogP contribution in [0.2, 0.25) is 0 Å². The number of hydrogen-bond donors (Lipinski definition) is 1. The van der Waals surface area contributed by atoms with E-state index in [9.17, 15) is 22.4 Å². The van der Waals surface area contributed by atoms with E-state index in [1.54, 1.807) is 0 Å². The Morgan fingerprint density at radius 3 is 2.55 bits per heavy atom. The van der Waals surface area contributed by atoms with Gasteiger partial charge in [0.05, 0.1) is 17.0 Å². The third-order valence-corrected chi connectivity index (χ3v) is 5.20. The Morgan fingerprint density at radius 1 is 1.24 bits per heavy atom. The molecule has 8 heteroatoms. The van der Waals surface area contributed by atoms with E-state index >= 15 is 0 Å². The first kappa shape index (κ1) is 20.8. The molecular formula is C21H19F4N3O. The average Bonchev–Trinajstić information content (AvgIpc) is 3.19. The van der Waals surface area contributed by atoms with Crippen molar-refractivity contribution >= 4 is 11.7 Å². The summed E-state index contributed by atoms with van der Waals surface area (Å²) in [6, 6.07) is 7.56. The summed E-state index contributed by atoms with van der Waals surface area (Å²) in [5.74, 6) is -2.32. The van der Waals surface area contributed by atoms with Gasteiger partial charge in [-0.2, -0.15) is 18.4 Å². The minimum atomic E-state index is -4.84. The lowest BCUT2D eigenvalue weighted by Crippen LogP contribution is -2.24. The Kier molecular flexibility index (Phi) is 6.16. The van der Waals surface area contributed by atoms with Crippen LogP contribution in [-0.4, -0.2) is 10.9 Å². The molecule has 0 bridgehead atoms. The fourth-order valence-electron chi connectivity index (χ4n) is 3.70. The van der Waals surface area contributed by atoms with Gasteiger partial charge in [0.1, 0.15) is 17.7 Å². The molecule has 1 atom stereocenters. The number of alkyl halides is 3. The fourth-order valence-corrected chi connectivity index (χ4v) is 3.70. The maximum atomic E-state index is 13.7. The zero-order valence-electron chi connectivity index (χ0n) is 15.5. The molecule has 1 saturated carbocycles. The molecule has 1 N–H and O–H groups in total. The van der Waals surface area contributed by atoms with Gasteiger partial charge in [0.15, 0.2) is 0 Å². The van der Waals surface area contributed by atoms with Crippen LogP contribution in [-0.2, 0) is 11.0 Å². The highest BCUT2D eigenvalue weighted by molar-refractivity contribution is 5.95. The number of pyridine rings is 1. The summed E-state index contributed by atoms with van der Waals surface area (Å²) in [6.45, 7) is 0. The largest absolute Gasteiger partial charge is 0.419 e. The number of carbonyl (C=O) groups is 1. The number of hydrogen-bond acceptors (Lipinski definition) is 3. The van der Waals surface area contributed by atoms with Crippen LogP contribution in [0.25, 0.3) is 0 Å². The molecular weight excluding hydrogens is 386 g/mol. The highest BCUT2D eigenvalue weighted by atomic mass is 19.4. The predicted molar refractivity (Wildman–Crippen MR) is 98.3 cm³/mol. The number of amides is 1. The number of carbonyl (C=O) groups excluding carboxylic acids is 1.